The maximum Gasteiger partial charge on any atom is 0.404 e. The molecule has 1 aromatic rings. The number of hydrogen-bond donors (Lipinski definition) is 3. The summed E-state index contributed by atoms with van der Waals surface area (Å²) in [5.41, 5.74) is 2.35. The van der Waals surface area contributed by atoms with Crippen molar-refractivity contribution in [2.24, 2.45) is 0 Å². The number of aliphatic hydroxyl groups is 1. The Bertz CT molecular complexity index is 419. The zero-order valence-corrected chi connectivity index (χ0v) is 10.9. The first-order valence-corrected chi connectivity index (χ1v) is 6.58. The van der Waals surface area contributed by atoms with Crippen LogP contribution in [0.15, 0.2) is 24.3 Å². The van der Waals surface area contributed by atoms with E-state index in [1.54, 1.807) is 0 Å². The molecule has 5 heteroatoms. The summed E-state index contributed by atoms with van der Waals surface area (Å²) in [5.74, 6) is 0. The van der Waals surface area contributed by atoms with Crippen molar-refractivity contribution in [2.45, 2.75) is 25.5 Å². The summed E-state index contributed by atoms with van der Waals surface area (Å²) >= 11 is 0. The van der Waals surface area contributed by atoms with Crippen molar-refractivity contribution in [2.75, 3.05) is 19.6 Å². The fourth-order valence-electron chi connectivity index (χ4n) is 2.34. The molecule has 19 heavy (non-hydrogen) atoms. The monoisotopic (exact) mass is 264 g/mol. The molecule has 0 bridgehead atoms. The van der Waals surface area contributed by atoms with Gasteiger partial charge in [0.05, 0.1) is 6.10 Å². The number of nitrogens with one attached hydrogen (secondary N) is 1. The first kappa shape index (κ1) is 13.8. The fraction of sp³-hybridized carbons (Fsp3) is 0.500. The number of hydrogen-bond acceptors (Lipinski definition) is 3. The van der Waals surface area contributed by atoms with Gasteiger partial charge in [0, 0.05) is 26.2 Å². The summed E-state index contributed by atoms with van der Waals surface area (Å²) < 4.78 is 0. The van der Waals surface area contributed by atoms with Gasteiger partial charge in [0.15, 0.2) is 0 Å². The van der Waals surface area contributed by atoms with Crippen LogP contribution in [-0.2, 0) is 13.0 Å². The third kappa shape index (κ3) is 4.54. The standard InChI is InChI=1S/C14H20N2O3/c17-13-6-8-16(10-13)9-12-3-1-11(2-4-12)5-7-15-14(18)19/h1-4,13,15,17H,5-10H2,(H,18,19). The molecule has 0 aromatic heterocycles. The Labute approximate surface area is 112 Å². The number of aliphatic hydroxyl groups excluding tert-OH is 1. The summed E-state index contributed by atoms with van der Waals surface area (Å²) in [7, 11) is 0. The average Bonchev–Trinajstić information content (AvgIpc) is 2.77. The van der Waals surface area contributed by atoms with E-state index in [1.165, 1.54) is 5.56 Å². The Hall–Kier alpha value is -1.59. The highest BCUT2D eigenvalue weighted by Crippen LogP contribution is 2.14. The lowest BCUT2D eigenvalue weighted by atomic mass is 10.1. The third-order valence-electron chi connectivity index (χ3n) is 3.37. The van der Waals surface area contributed by atoms with E-state index >= 15 is 0 Å². The first-order chi connectivity index (χ1) is 9.13. The van der Waals surface area contributed by atoms with Gasteiger partial charge in [0.1, 0.15) is 0 Å². The molecule has 104 valence electrons. The van der Waals surface area contributed by atoms with Crippen LogP contribution >= 0.6 is 0 Å². The molecule has 3 N–H and O–H groups in total. The molecule has 1 aliphatic rings. The fourth-order valence-corrected chi connectivity index (χ4v) is 2.34. The molecular formula is C14H20N2O3. The smallest absolute Gasteiger partial charge is 0.404 e. The van der Waals surface area contributed by atoms with Crippen molar-refractivity contribution in [1.29, 1.82) is 0 Å². The Balaban J connectivity index is 1.79. The summed E-state index contributed by atoms with van der Waals surface area (Å²) in [5, 5.41) is 20.3. The van der Waals surface area contributed by atoms with E-state index < -0.39 is 6.09 Å². The second-order valence-corrected chi connectivity index (χ2v) is 4.98. The van der Waals surface area contributed by atoms with E-state index in [-0.39, 0.29) is 6.10 Å². The molecule has 1 aliphatic heterocycles. The summed E-state index contributed by atoms with van der Waals surface area (Å²) in [4.78, 5) is 12.6. The van der Waals surface area contributed by atoms with Gasteiger partial charge in [-0.05, 0) is 24.0 Å². The minimum Gasteiger partial charge on any atom is -0.465 e. The van der Waals surface area contributed by atoms with E-state index in [0.29, 0.717) is 13.0 Å². The Kier molecular flexibility index (Phi) is 4.76. The maximum atomic E-state index is 10.3. The average molecular weight is 264 g/mol. The van der Waals surface area contributed by atoms with E-state index in [2.05, 4.69) is 22.3 Å². The van der Waals surface area contributed by atoms with Crippen molar-refractivity contribution in [3.05, 3.63) is 35.4 Å². The van der Waals surface area contributed by atoms with Crippen LogP contribution in [-0.4, -0.2) is 46.9 Å². The van der Waals surface area contributed by atoms with Crippen molar-refractivity contribution in [1.82, 2.24) is 10.2 Å². The lowest BCUT2D eigenvalue weighted by Gasteiger charge is -2.15. The van der Waals surface area contributed by atoms with Crippen LogP contribution in [0.3, 0.4) is 0 Å². The van der Waals surface area contributed by atoms with Crippen LogP contribution in [0.5, 0.6) is 0 Å². The van der Waals surface area contributed by atoms with Gasteiger partial charge in [-0.1, -0.05) is 24.3 Å². The van der Waals surface area contributed by atoms with Crippen molar-refractivity contribution in [3.8, 4) is 0 Å². The van der Waals surface area contributed by atoms with E-state index in [1.807, 2.05) is 12.1 Å². The van der Waals surface area contributed by atoms with E-state index in [4.69, 9.17) is 5.11 Å². The molecule has 1 amide bonds. The highest BCUT2D eigenvalue weighted by atomic mass is 16.4. The van der Waals surface area contributed by atoms with E-state index in [0.717, 1.165) is 31.6 Å². The summed E-state index contributed by atoms with van der Waals surface area (Å²) in [6.45, 7) is 3.01. The van der Waals surface area contributed by atoms with Gasteiger partial charge in [-0.2, -0.15) is 0 Å². The molecule has 2 rings (SSSR count). The number of likely N-dealkylation sites (tertiary alicyclic amines) is 1. The minimum absolute atomic E-state index is 0.179. The van der Waals surface area contributed by atoms with Gasteiger partial charge in [-0.15, -0.1) is 0 Å². The predicted octanol–water partition coefficient (Wildman–Crippen LogP) is 1.06. The Morgan fingerprint density at radius 3 is 2.58 bits per heavy atom. The van der Waals surface area contributed by atoms with Crippen LogP contribution in [0.4, 0.5) is 4.79 Å². The van der Waals surface area contributed by atoms with Crippen molar-refractivity contribution >= 4 is 6.09 Å². The van der Waals surface area contributed by atoms with Crippen LogP contribution in [0.25, 0.3) is 0 Å². The van der Waals surface area contributed by atoms with E-state index in [9.17, 15) is 9.90 Å². The Morgan fingerprint density at radius 2 is 2.00 bits per heavy atom. The molecule has 1 atom stereocenters. The number of amides is 1. The second kappa shape index (κ2) is 6.54. The zero-order chi connectivity index (χ0) is 13.7. The molecule has 0 aliphatic carbocycles. The topological polar surface area (TPSA) is 72.8 Å². The SMILES string of the molecule is O=C(O)NCCc1ccc(CN2CCC(O)C2)cc1. The molecule has 1 saturated heterocycles. The molecule has 1 aromatic carbocycles. The van der Waals surface area contributed by atoms with Crippen molar-refractivity contribution in [3.63, 3.8) is 0 Å². The molecule has 0 saturated carbocycles. The molecule has 1 heterocycles. The van der Waals surface area contributed by atoms with Crippen LogP contribution < -0.4 is 5.32 Å². The number of β-amino-alcohol motifs (C(OH)–C–C–N with tert-alkyl or cyclic N) is 1. The molecule has 5 nitrogen and oxygen atoms in total. The highest BCUT2D eigenvalue weighted by Gasteiger charge is 2.19. The lowest BCUT2D eigenvalue weighted by molar-refractivity contribution is 0.175. The number of rotatable bonds is 5. The predicted molar refractivity (Wildman–Crippen MR) is 72.1 cm³/mol. The zero-order valence-electron chi connectivity index (χ0n) is 10.9. The van der Waals surface area contributed by atoms with Gasteiger partial charge >= 0.3 is 6.09 Å². The van der Waals surface area contributed by atoms with Crippen LogP contribution in [0, 0.1) is 0 Å². The second-order valence-electron chi connectivity index (χ2n) is 4.98. The lowest BCUT2D eigenvalue weighted by Crippen LogP contribution is -2.23. The number of benzene rings is 1. The summed E-state index contributed by atoms with van der Waals surface area (Å²) in [6.07, 6.45) is 0.402. The van der Waals surface area contributed by atoms with Crippen LogP contribution in [0.1, 0.15) is 17.5 Å². The Morgan fingerprint density at radius 1 is 1.32 bits per heavy atom. The van der Waals surface area contributed by atoms with Crippen molar-refractivity contribution < 1.29 is 15.0 Å². The number of nitrogens with zero attached hydrogens (tertiary/aromatic N) is 1. The number of carbonyl (C=O) groups is 1. The number of carboxylic acid groups (broad SMARTS) is 1. The normalized spacial score (nSPS) is 19.5. The van der Waals surface area contributed by atoms with Gasteiger partial charge < -0.3 is 15.5 Å². The first-order valence-electron chi connectivity index (χ1n) is 6.58. The van der Waals surface area contributed by atoms with Gasteiger partial charge in [0.25, 0.3) is 0 Å². The molecule has 1 unspecified atom stereocenters. The quantitative estimate of drug-likeness (QED) is 0.743. The highest BCUT2D eigenvalue weighted by molar-refractivity contribution is 5.64. The van der Waals surface area contributed by atoms with Gasteiger partial charge in [0.2, 0.25) is 0 Å². The summed E-state index contributed by atoms with van der Waals surface area (Å²) in [6, 6.07) is 8.21. The van der Waals surface area contributed by atoms with Gasteiger partial charge in [-0.25, -0.2) is 4.79 Å². The van der Waals surface area contributed by atoms with Crippen LogP contribution in [0.2, 0.25) is 0 Å². The largest absolute Gasteiger partial charge is 0.465 e. The third-order valence-corrected chi connectivity index (χ3v) is 3.37. The molecule has 1 fully saturated rings. The molecular weight excluding hydrogens is 244 g/mol. The maximum absolute atomic E-state index is 10.3. The minimum atomic E-state index is -0.982. The molecule has 0 radical (unpaired) electrons. The molecule has 0 spiro atoms. The van der Waals surface area contributed by atoms with Gasteiger partial charge in [-0.3, -0.25) is 4.90 Å².